The van der Waals surface area contributed by atoms with Crippen LogP contribution in [0.1, 0.15) is 27.2 Å². The van der Waals surface area contributed by atoms with Crippen LogP contribution in [-0.4, -0.2) is 44.4 Å². The highest BCUT2D eigenvalue weighted by molar-refractivity contribution is 5.80. The third-order valence-corrected chi connectivity index (χ3v) is 2.62. The van der Waals surface area contributed by atoms with Crippen LogP contribution in [0.3, 0.4) is 0 Å². The Morgan fingerprint density at radius 1 is 1.56 bits per heavy atom. The first-order valence-electron chi connectivity index (χ1n) is 5.63. The Labute approximate surface area is 97.7 Å². The van der Waals surface area contributed by atoms with Crippen molar-refractivity contribution in [2.75, 3.05) is 26.8 Å². The van der Waals surface area contributed by atoms with Crippen molar-refractivity contribution in [2.24, 2.45) is 5.73 Å². The average molecular weight is 232 g/mol. The molecule has 0 aliphatic rings. The molecule has 0 saturated heterocycles. The molecule has 0 aliphatic heterocycles. The van der Waals surface area contributed by atoms with E-state index in [4.69, 9.17) is 15.2 Å². The van der Waals surface area contributed by atoms with E-state index in [1.807, 2.05) is 13.8 Å². The second-order valence-electron chi connectivity index (χ2n) is 4.05. The van der Waals surface area contributed by atoms with Gasteiger partial charge in [-0.1, -0.05) is 6.92 Å². The molecule has 5 heteroatoms. The maximum absolute atomic E-state index is 11.6. The Morgan fingerprint density at radius 2 is 2.19 bits per heavy atom. The van der Waals surface area contributed by atoms with Crippen molar-refractivity contribution in [1.82, 2.24) is 5.32 Å². The molecule has 0 aromatic rings. The van der Waals surface area contributed by atoms with Crippen molar-refractivity contribution in [1.29, 1.82) is 0 Å². The normalized spacial score (nSPS) is 16.6. The van der Waals surface area contributed by atoms with Crippen molar-refractivity contribution in [3.05, 3.63) is 0 Å². The van der Waals surface area contributed by atoms with Crippen molar-refractivity contribution in [2.45, 2.75) is 38.9 Å². The molecule has 96 valence electrons. The first kappa shape index (κ1) is 15.3. The van der Waals surface area contributed by atoms with Crippen LogP contribution in [0.2, 0.25) is 0 Å². The SMILES string of the molecule is CCC(C)(CN)OC(C)C(=O)NCCOC. The second kappa shape index (κ2) is 7.60. The molecular weight excluding hydrogens is 208 g/mol. The molecule has 0 rings (SSSR count). The minimum absolute atomic E-state index is 0.134. The summed E-state index contributed by atoms with van der Waals surface area (Å²) in [6, 6.07) is 0. The van der Waals surface area contributed by atoms with Crippen LogP contribution in [0.5, 0.6) is 0 Å². The molecule has 0 aromatic carbocycles. The van der Waals surface area contributed by atoms with Gasteiger partial charge in [-0.2, -0.15) is 0 Å². The minimum atomic E-state index is -0.495. The summed E-state index contributed by atoms with van der Waals surface area (Å²) >= 11 is 0. The number of nitrogens with one attached hydrogen (secondary N) is 1. The minimum Gasteiger partial charge on any atom is -0.383 e. The van der Waals surface area contributed by atoms with E-state index in [2.05, 4.69) is 5.32 Å². The zero-order valence-electron chi connectivity index (χ0n) is 10.7. The molecule has 0 radical (unpaired) electrons. The van der Waals surface area contributed by atoms with Gasteiger partial charge in [0.1, 0.15) is 6.10 Å². The van der Waals surface area contributed by atoms with Crippen LogP contribution >= 0.6 is 0 Å². The Morgan fingerprint density at radius 3 is 2.62 bits per heavy atom. The number of rotatable bonds is 8. The van der Waals surface area contributed by atoms with Gasteiger partial charge in [-0.15, -0.1) is 0 Å². The Kier molecular flexibility index (Phi) is 7.29. The number of amides is 1. The fourth-order valence-electron chi connectivity index (χ4n) is 1.18. The molecule has 0 aromatic heterocycles. The zero-order chi connectivity index (χ0) is 12.6. The van der Waals surface area contributed by atoms with Gasteiger partial charge in [0.25, 0.3) is 0 Å². The first-order valence-corrected chi connectivity index (χ1v) is 5.63. The van der Waals surface area contributed by atoms with Gasteiger partial charge in [0.15, 0.2) is 0 Å². The summed E-state index contributed by atoms with van der Waals surface area (Å²) in [6.45, 7) is 7.02. The zero-order valence-corrected chi connectivity index (χ0v) is 10.7. The van der Waals surface area contributed by atoms with Gasteiger partial charge in [-0.3, -0.25) is 4.79 Å². The van der Waals surface area contributed by atoms with E-state index in [1.54, 1.807) is 14.0 Å². The molecule has 0 bridgehead atoms. The molecule has 2 unspecified atom stereocenters. The van der Waals surface area contributed by atoms with Crippen molar-refractivity contribution < 1.29 is 14.3 Å². The van der Waals surface area contributed by atoms with Gasteiger partial charge in [-0.25, -0.2) is 0 Å². The summed E-state index contributed by atoms with van der Waals surface area (Å²) in [6.07, 6.45) is 0.282. The molecular formula is C11H24N2O3. The number of carbonyl (C=O) groups excluding carboxylic acids is 1. The van der Waals surface area contributed by atoms with E-state index >= 15 is 0 Å². The third-order valence-electron chi connectivity index (χ3n) is 2.62. The summed E-state index contributed by atoms with van der Waals surface area (Å²) < 4.78 is 10.5. The Hall–Kier alpha value is -0.650. The quantitative estimate of drug-likeness (QED) is 0.590. The maximum Gasteiger partial charge on any atom is 0.248 e. The van der Waals surface area contributed by atoms with Crippen LogP contribution < -0.4 is 11.1 Å². The van der Waals surface area contributed by atoms with E-state index in [1.165, 1.54) is 0 Å². The topological polar surface area (TPSA) is 73.6 Å². The van der Waals surface area contributed by atoms with Crippen molar-refractivity contribution >= 4 is 5.91 Å². The summed E-state index contributed by atoms with van der Waals surface area (Å²) in [5, 5.41) is 2.72. The smallest absolute Gasteiger partial charge is 0.248 e. The number of hydrogen-bond acceptors (Lipinski definition) is 4. The highest BCUT2D eigenvalue weighted by Gasteiger charge is 2.26. The summed E-state index contributed by atoms with van der Waals surface area (Å²) in [5.41, 5.74) is 5.18. The molecule has 0 fully saturated rings. The lowest BCUT2D eigenvalue weighted by atomic mass is 10.0. The lowest BCUT2D eigenvalue weighted by Gasteiger charge is -2.30. The lowest BCUT2D eigenvalue weighted by Crippen LogP contribution is -2.45. The predicted octanol–water partition coefficient (Wildman–Crippen LogP) is 0.282. The van der Waals surface area contributed by atoms with Crippen molar-refractivity contribution in [3.63, 3.8) is 0 Å². The lowest BCUT2D eigenvalue weighted by molar-refractivity contribution is -0.143. The molecule has 0 aliphatic carbocycles. The fourth-order valence-corrected chi connectivity index (χ4v) is 1.18. The summed E-state index contributed by atoms with van der Waals surface area (Å²) in [4.78, 5) is 11.6. The largest absolute Gasteiger partial charge is 0.383 e. The van der Waals surface area contributed by atoms with Gasteiger partial charge < -0.3 is 20.5 Å². The van der Waals surface area contributed by atoms with Gasteiger partial charge >= 0.3 is 0 Å². The van der Waals surface area contributed by atoms with E-state index < -0.39 is 11.7 Å². The maximum atomic E-state index is 11.6. The van der Waals surface area contributed by atoms with Crippen LogP contribution in [-0.2, 0) is 14.3 Å². The Balaban J connectivity index is 4.03. The second-order valence-corrected chi connectivity index (χ2v) is 4.05. The highest BCUT2D eigenvalue weighted by atomic mass is 16.5. The number of hydrogen-bond donors (Lipinski definition) is 2. The molecule has 0 spiro atoms. The fraction of sp³-hybridized carbons (Fsp3) is 0.909. The number of nitrogens with two attached hydrogens (primary N) is 1. The molecule has 3 N–H and O–H groups in total. The van der Waals surface area contributed by atoms with E-state index in [0.717, 1.165) is 6.42 Å². The predicted molar refractivity (Wildman–Crippen MR) is 63.2 cm³/mol. The summed E-state index contributed by atoms with van der Waals surface area (Å²) in [7, 11) is 1.59. The molecule has 0 heterocycles. The molecule has 16 heavy (non-hydrogen) atoms. The molecule has 5 nitrogen and oxygen atoms in total. The van der Waals surface area contributed by atoms with E-state index in [-0.39, 0.29) is 5.91 Å². The Bertz CT molecular complexity index is 205. The molecule has 2 atom stereocenters. The van der Waals surface area contributed by atoms with Crippen LogP contribution in [0.4, 0.5) is 0 Å². The summed E-state index contributed by atoms with van der Waals surface area (Å²) in [5.74, 6) is -0.134. The number of methoxy groups -OCH3 is 1. The monoisotopic (exact) mass is 232 g/mol. The van der Waals surface area contributed by atoms with Gasteiger partial charge in [-0.05, 0) is 20.3 Å². The van der Waals surface area contributed by atoms with Gasteiger partial charge in [0.05, 0.1) is 12.2 Å². The standard InChI is InChI=1S/C11H24N2O3/c1-5-11(3,8-12)16-9(2)10(14)13-6-7-15-4/h9H,5-8,12H2,1-4H3,(H,13,14). The van der Waals surface area contributed by atoms with Gasteiger partial charge in [0.2, 0.25) is 5.91 Å². The van der Waals surface area contributed by atoms with E-state index in [9.17, 15) is 4.79 Å². The number of ether oxygens (including phenoxy) is 2. The molecule has 1 amide bonds. The highest BCUT2D eigenvalue weighted by Crippen LogP contribution is 2.15. The van der Waals surface area contributed by atoms with E-state index in [0.29, 0.717) is 19.7 Å². The van der Waals surface area contributed by atoms with Crippen molar-refractivity contribution in [3.8, 4) is 0 Å². The van der Waals surface area contributed by atoms with Crippen LogP contribution in [0.25, 0.3) is 0 Å². The van der Waals surface area contributed by atoms with Crippen LogP contribution in [0.15, 0.2) is 0 Å². The average Bonchev–Trinajstić information content (AvgIpc) is 2.29. The first-order chi connectivity index (χ1) is 7.49. The van der Waals surface area contributed by atoms with Crippen LogP contribution in [0, 0.1) is 0 Å². The molecule has 0 saturated carbocycles. The third kappa shape index (κ3) is 5.44. The van der Waals surface area contributed by atoms with Gasteiger partial charge in [0, 0.05) is 20.2 Å². The number of carbonyl (C=O) groups is 1.